The fraction of sp³-hybridized carbons (Fsp3) is 0.611. The first kappa shape index (κ1) is 18.2. The van der Waals surface area contributed by atoms with Gasteiger partial charge in [-0.1, -0.05) is 24.3 Å². The topological polar surface area (TPSA) is 44.4 Å². The number of nitrogens with one attached hydrogen (secondary N) is 2. The van der Waals surface area contributed by atoms with Gasteiger partial charge < -0.3 is 10.6 Å². The van der Waals surface area contributed by atoms with E-state index in [0.717, 1.165) is 13.0 Å². The summed E-state index contributed by atoms with van der Waals surface area (Å²) in [4.78, 5) is 13.8. The van der Waals surface area contributed by atoms with Crippen molar-refractivity contribution in [3.8, 4) is 0 Å². The van der Waals surface area contributed by atoms with Gasteiger partial charge in [-0.2, -0.15) is 13.2 Å². The molecule has 1 aromatic carbocycles. The molecular weight excluding hydrogens is 331 g/mol. The number of carbonyl (C=O) groups is 1. The molecule has 0 saturated carbocycles. The maximum absolute atomic E-state index is 12.5. The molecule has 0 spiro atoms. The van der Waals surface area contributed by atoms with E-state index in [1.165, 1.54) is 16.0 Å². The van der Waals surface area contributed by atoms with Gasteiger partial charge in [-0.15, -0.1) is 0 Å². The van der Waals surface area contributed by atoms with Crippen LogP contribution in [0.15, 0.2) is 24.3 Å². The van der Waals surface area contributed by atoms with E-state index in [4.69, 9.17) is 0 Å². The molecule has 2 atom stereocenters. The molecular formula is C18H24F3N3O. The first-order valence-corrected chi connectivity index (χ1v) is 8.80. The lowest BCUT2D eigenvalue weighted by Crippen LogP contribution is -2.47. The predicted molar refractivity (Wildman–Crippen MR) is 89.1 cm³/mol. The zero-order chi connectivity index (χ0) is 17.9. The lowest BCUT2D eigenvalue weighted by molar-refractivity contribution is -0.152. The number of alkyl halides is 3. The van der Waals surface area contributed by atoms with Gasteiger partial charge in [0.05, 0.1) is 12.5 Å². The van der Waals surface area contributed by atoms with Gasteiger partial charge in [-0.25, -0.2) is 0 Å². The third-order valence-corrected chi connectivity index (χ3v) is 4.98. The van der Waals surface area contributed by atoms with Gasteiger partial charge in [0.25, 0.3) is 0 Å². The fourth-order valence-corrected chi connectivity index (χ4v) is 3.79. The summed E-state index contributed by atoms with van der Waals surface area (Å²) in [6, 6.07) is 8.21. The van der Waals surface area contributed by atoms with Crippen LogP contribution in [0.5, 0.6) is 0 Å². The number of hydrogen-bond acceptors (Lipinski definition) is 3. The molecule has 0 bridgehead atoms. The average molecular weight is 355 g/mol. The van der Waals surface area contributed by atoms with Crippen LogP contribution >= 0.6 is 0 Å². The van der Waals surface area contributed by atoms with Crippen LogP contribution in [0.1, 0.15) is 30.0 Å². The van der Waals surface area contributed by atoms with Gasteiger partial charge in [-0.3, -0.25) is 9.69 Å². The number of nitrogens with zero attached hydrogens (tertiary/aromatic N) is 1. The lowest BCUT2D eigenvalue weighted by atomic mass is 9.93. The van der Waals surface area contributed by atoms with E-state index < -0.39 is 12.7 Å². The van der Waals surface area contributed by atoms with Crippen molar-refractivity contribution in [2.75, 3.05) is 32.7 Å². The van der Waals surface area contributed by atoms with Gasteiger partial charge in [0, 0.05) is 19.1 Å². The molecule has 7 heteroatoms. The lowest BCUT2D eigenvalue weighted by Gasteiger charge is -2.33. The molecule has 2 N–H and O–H groups in total. The second-order valence-electron chi connectivity index (χ2n) is 6.89. The highest BCUT2D eigenvalue weighted by Crippen LogP contribution is 2.24. The highest BCUT2D eigenvalue weighted by Gasteiger charge is 2.34. The molecule has 25 heavy (non-hydrogen) atoms. The van der Waals surface area contributed by atoms with Crippen molar-refractivity contribution in [2.45, 2.75) is 31.5 Å². The number of piperidine rings is 1. The van der Waals surface area contributed by atoms with Crippen molar-refractivity contribution < 1.29 is 18.0 Å². The highest BCUT2D eigenvalue weighted by molar-refractivity contribution is 5.79. The van der Waals surface area contributed by atoms with Crippen LogP contribution in [-0.4, -0.2) is 49.7 Å². The van der Waals surface area contributed by atoms with Crippen LogP contribution in [0.3, 0.4) is 0 Å². The van der Waals surface area contributed by atoms with Gasteiger partial charge in [-0.05, 0) is 43.5 Å². The van der Waals surface area contributed by atoms with Crippen LogP contribution in [0.4, 0.5) is 13.2 Å². The van der Waals surface area contributed by atoms with E-state index in [1.807, 2.05) is 12.1 Å². The van der Waals surface area contributed by atoms with Crippen molar-refractivity contribution in [1.82, 2.24) is 15.5 Å². The number of benzene rings is 1. The Balaban J connectivity index is 1.53. The quantitative estimate of drug-likeness (QED) is 0.871. The monoisotopic (exact) mass is 355 g/mol. The zero-order valence-corrected chi connectivity index (χ0v) is 14.1. The number of fused-ring (bicyclic) bond motifs is 1. The average Bonchev–Trinajstić information content (AvgIpc) is 2.58. The Morgan fingerprint density at radius 3 is 2.92 bits per heavy atom. The van der Waals surface area contributed by atoms with E-state index in [-0.39, 0.29) is 24.4 Å². The smallest absolute Gasteiger partial charge is 0.354 e. The minimum atomic E-state index is -4.21. The summed E-state index contributed by atoms with van der Waals surface area (Å²) in [6.07, 6.45) is -1.97. The first-order valence-electron chi connectivity index (χ1n) is 8.80. The molecule has 2 aliphatic heterocycles. The Bertz CT molecular complexity index is 605. The fourth-order valence-electron chi connectivity index (χ4n) is 3.79. The molecule has 0 radical (unpaired) electrons. The maximum Gasteiger partial charge on any atom is 0.401 e. The highest BCUT2D eigenvalue weighted by atomic mass is 19.4. The van der Waals surface area contributed by atoms with E-state index in [9.17, 15) is 18.0 Å². The summed E-state index contributed by atoms with van der Waals surface area (Å²) in [6.45, 7) is 0.973. The number of hydrogen-bond donors (Lipinski definition) is 2. The Kier molecular flexibility index (Phi) is 5.64. The normalized spacial score (nSPS) is 24.6. The SMILES string of the molecule is O=C(NCC1NCCc2ccccc21)C1CCCN(CC(F)(F)F)C1. The summed E-state index contributed by atoms with van der Waals surface area (Å²) in [5.41, 5.74) is 2.48. The second kappa shape index (κ2) is 7.74. The van der Waals surface area contributed by atoms with Crippen molar-refractivity contribution in [3.63, 3.8) is 0 Å². The molecule has 0 aromatic heterocycles. The Morgan fingerprint density at radius 2 is 2.12 bits per heavy atom. The number of carbonyl (C=O) groups excluding carboxylic acids is 1. The molecule has 2 unspecified atom stereocenters. The minimum Gasteiger partial charge on any atom is -0.354 e. The van der Waals surface area contributed by atoms with Gasteiger partial charge in [0.15, 0.2) is 0 Å². The van der Waals surface area contributed by atoms with E-state index in [0.29, 0.717) is 25.9 Å². The van der Waals surface area contributed by atoms with Crippen molar-refractivity contribution in [3.05, 3.63) is 35.4 Å². The third kappa shape index (κ3) is 4.95. The maximum atomic E-state index is 12.5. The molecule has 1 fully saturated rings. The van der Waals surface area contributed by atoms with Crippen molar-refractivity contribution in [2.24, 2.45) is 5.92 Å². The van der Waals surface area contributed by atoms with Crippen molar-refractivity contribution >= 4 is 5.91 Å². The molecule has 2 heterocycles. The standard InChI is InChI=1S/C18H24F3N3O/c19-18(20,21)12-24-9-3-5-14(11-24)17(25)23-10-16-15-6-2-1-4-13(15)7-8-22-16/h1-2,4,6,14,16,22H,3,5,7-12H2,(H,23,25). The Morgan fingerprint density at radius 1 is 1.32 bits per heavy atom. The molecule has 1 saturated heterocycles. The van der Waals surface area contributed by atoms with Gasteiger partial charge in [0.1, 0.15) is 0 Å². The molecule has 4 nitrogen and oxygen atoms in total. The summed E-state index contributed by atoms with van der Waals surface area (Å²) in [7, 11) is 0. The van der Waals surface area contributed by atoms with Gasteiger partial charge >= 0.3 is 6.18 Å². The summed E-state index contributed by atoms with van der Waals surface area (Å²) in [5, 5.41) is 6.34. The molecule has 1 aromatic rings. The number of likely N-dealkylation sites (tertiary alicyclic amines) is 1. The summed E-state index contributed by atoms with van der Waals surface area (Å²) < 4.78 is 37.6. The molecule has 2 aliphatic rings. The Hall–Kier alpha value is -1.60. The van der Waals surface area contributed by atoms with E-state index in [1.54, 1.807) is 0 Å². The Labute approximate surface area is 145 Å². The van der Waals surface area contributed by atoms with Crippen LogP contribution in [0, 0.1) is 5.92 Å². The summed E-state index contributed by atoms with van der Waals surface area (Å²) >= 11 is 0. The van der Waals surface area contributed by atoms with E-state index >= 15 is 0 Å². The van der Waals surface area contributed by atoms with Crippen LogP contribution in [0.2, 0.25) is 0 Å². The predicted octanol–water partition coefficient (Wildman–Crippen LogP) is 2.26. The second-order valence-corrected chi connectivity index (χ2v) is 6.89. The van der Waals surface area contributed by atoms with Crippen LogP contribution in [0.25, 0.3) is 0 Å². The number of rotatable bonds is 4. The first-order chi connectivity index (χ1) is 11.9. The molecule has 0 aliphatic carbocycles. The molecule has 138 valence electrons. The van der Waals surface area contributed by atoms with Crippen molar-refractivity contribution in [1.29, 1.82) is 0 Å². The minimum absolute atomic E-state index is 0.0590. The van der Waals surface area contributed by atoms with Gasteiger partial charge in [0.2, 0.25) is 5.91 Å². The van der Waals surface area contributed by atoms with E-state index in [2.05, 4.69) is 22.8 Å². The number of amides is 1. The van der Waals surface area contributed by atoms with Crippen LogP contribution in [-0.2, 0) is 11.2 Å². The largest absolute Gasteiger partial charge is 0.401 e. The van der Waals surface area contributed by atoms with Crippen LogP contribution < -0.4 is 10.6 Å². The summed E-state index contributed by atoms with van der Waals surface area (Å²) in [5.74, 6) is -0.508. The number of halogens is 3. The molecule has 3 rings (SSSR count). The zero-order valence-electron chi connectivity index (χ0n) is 14.1. The molecule has 1 amide bonds. The third-order valence-electron chi connectivity index (χ3n) is 4.98.